The summed E-state index contributed by atoms with van der Waals surface area (Å²) >= 11 is 0. The van der Waals surface area contributed by atoms with Gasteiger partial charge in [0.2, 0.25) is 11.8 Å². The fourth-order valence-corrected chi connectivity index (χ4v) is 3.33. The number of nitrogens with zero attached hydrogens (tertiary/aromatic N) is 2. The summed E-state index contributed by atoms with van der Waals surface area (Å²) in [6, 6.07) is 0.243. The average Bonchev–Trinajstić information content (AvgIpc) is 2.37. The molecule has 1 unspecified atom stereocenters. The molecule has 2 saturated heterocycles. The van der Waals surface area contributed by atoms with Crippen molar-refractivity contribution in [2.24, 2.45) is 5.92 Å². The first-order valence-electron chi connectivity index (χ1n) is 7.54. The molecular weight excluding hydrogens is 278 g/mol. The lowest BCUT2D eigenvalue weighted by molar-refractivity contribution is -0.144. The van der Waals surface area contributed by atoms with Crippen LogP contribution >= 0.6 is 12.4 Å². The summed E-state index contributed by atoms with van der Waals surface area (Å²) in [5.74, 6) is 0.796. The van der Waals surface area contributed by atoms with Gasteiger partial charge >= 0.3 is 0 Å². The highest BCUT2D eigenvalue weighted by Crippen LogP contribution is 2.29. The molecule has 2 amide bonds. The van der Waals surface area contributed by atoms with Gasteiger partial charge in [-0.3, -0.25) is 9.59 Å². The van der Waals surface area contributed by atoms with Crippen LogP contribution in [0.3, 0.4) is 0 Å². The van der Waals surface area contributed by atoms with Gasteiger partial charge in [0.1, 0.15) is 0 Å². The second-order valence-corrected chi connectivity index (χ2v) is 5.97. The van der Waals surface area contributed by atoms with Gasteiger partial charge < -0.3 is 15.1 Å². The molecule has 0 aromatic heterocycles. The number of likely N-dealkylation sites (tertiary alicyclic amines) is 1. The van der Waals surface area contributed by atoms with Gasteiger partial charge in [0.25, 0.3) is 0 Å². The Morgan fingerprint density at radius 3 is 2.60 bits per heavy atom. The van der Waals surface area contributed by atoms with Crippen LogP contribution in [0.4, 0.5) is 0 Å². The molecule has 0 spiro atoms. The van der Waals surface area contributed by atoms with Crippen LogP contribution in [-0.2, 0) is 9.59 Å². The molecule has 0 aromatic carbocycles. The van der Waals surface area contributed by atoms with E-state index >= 15 is 0 Å². The second kappa shape index (κ2) is 6.76. The molecule has 114 valence electrons. The Balaban J connectivity index is 0.00000147. The Labute approximate surface area is 126 Å². The summed E-state index contributed by atoms with van der Waals surface area (Å²) in [5, 5.41) is 3.10. The van der Waals surface area contributed by atoms with Gasteiger partial charge in [-0.05, 0) is 25.7 Å². The molecule has 6 heteroatoms. The van der Waals surface area contributed by atoms with Crippen LogP contribution in [0.2, 0.25) is 0 Å². The van der Waals surface area contributed by atoms with E-state index in [9.17, 15) is 9.59 Å². The number of hydrogen-bond donors (Lipinski definition) is 1. The molecule has 0 bridgehead atoms. The highest BCUT2D eigenvalue weighted by Gasteiger charge is 2.35. The molecule has 3 rings (SSSR count). The normalized spacial score (nSPS) is 27.8. The van der Waals surface area contributed by atoms with Crippen LogP contribution in [0.1, 0.15) is 32.1 Å². The molecule has 1 saturated carbocycles. The summed E-state index contributed by atoms with van der Waals surface area (Å²) in [6.45, 7) is 3.74. The Bertz CT molecular complexity index is 373. The van der Waals surface area contributed by atoms with Crippen molar-refractivity contribution >= 4 is 24.2 Å². The minimum absolute atomic E-state index is 0. The maximum atomic E-state index is 12.3. The van der Waals surface area contributed by atoms with Crippen molar-refractivity contribution in [3.8, 4) is 0 Å². The van der Waals surface area contributed by atoms with Crippen molar-refractivity contribution < 1.29 is 9.59 Å². The van der Waals surface area contributed by atoms with Gasteiger partial charge in [0, 0.05) is 38.1 Å². The van der Waals surface area contributed by atoms with Crippen LogP contribution in [0.15, 0.2) is 0 Å². The number of halogens is 1. The molecule has 2 heterocycles. The van der Waals surface area contributed by atoms with E-state index in [4.69, 9.17) is 0 Å². The third-order valence-corrected chi connectivity index (χ3v) is 4.73. The molecule has 5 nitrogen and oxygen atoms in total. The molecule has 0 radical (unpaired) electrons. The molecule has 2 aliphatic heterocycles. The summed E-state index contributed by atoms with van der Waals surface area (Å²) < 4.78 is 0. The molecule has 1 N–H and O–H groups in total. The lowest BCUT2D eigenvalue weighted by Crippen LogP contribution is -2.58. The zero-order valence-electron chi connectivity index (χ0n) is 11.8. The minimum atomic E-state index is 0. The summed E-state index contributed by atoms with van der Waals surface area (Å²) in [4.78, 5) is 28.2. The van der Waals surface area contributed by atoms with Crippen molar-refractivity contribution in [2.75, 3.05) is 32.7 Å². The minimum Gasteiger partial charge on any atom is -0.340 e. The van der Waals surface area contributed by atoms with Crippen LogP contribution in [-0.4, -0.2) is 60.4 Å². The van der Waals surface area contributed by atoms with Gasteiger partial charge in [-0.2, -0.15) is 0 Å². The van der Waals surface area contributed by atoms with E-state index in [0.29, 0.717) is 12.5 Å². The Hall–Kier alpha value is -0.810. The van der Waals surface area contributed by atoms with Gasteiger partial charge in [-0.25, -0.2) is 0 Å². The lowest BCUT2D eigenvalue weighted by atomic mass is 9.84. The smallest absolute Gasteiger partial charge is 0.236 e. The monoisotopic (exact) mass is 301 g/mol. The number of piperazine rings is 1. The number of nitrogens with one attached hydrogen (secondary N) is 1. The first kappa shape index (κ1) is 15.6. The average molecular weight is 302 g/mol. The predicted molar refractivity (Wildman–Crippen MR) is 78.8 cm³/mol. The number of carbonyl (C=O) groups is 2. The standard InChI is InChI=1S/C14H23N3O2.ClH/c18-13-9-15-6-8-17(13)12-5-2-7-16(10-12)14(19)11-3-1-4-11;/h11-12,15H,1-10H2;1H. The molecule has 0 aromatic rings. The van der Waals surface area contributed by atoms with Crippen molar-refractivity contribution in [1.82, 2.24) is 15.1 Å². The molecule has 1 aliphatic carbocycles. The summed E-state index contributed by atoms with van der Waals surface area (Å²) in [6.07, 6.45) is 5.39. The number of hydrogen-bond acceptors (Lipinski definition) is 3. The van der Waals surface area contributed by atoms with E-state index in [1.54, 1.807) is 0 Å². The SMILES string of the molecule is Cl.O=C(C1CCC1)N1CCCC(N2CCNCC2=O)C1. The van der Waals surface area contributed by atoms with Gasteiger partial charge in [-0.15, -0.1) is 12.4 Å². The number of carbonyl (C=O) groups excluding carboxylic acids is 2. The van der Waals surface area contributed by atoms with E-state index in [1.165, 1.54) is 6.42 Å². The second-order valence-electron chi connectivity index (χ2n) is 5.97. The number of rotatable bonds is 2. The molecule has 20 heavy (non-hydrogen) atoms. The van der Waals surface area contributed by atoms with Crippen LogP contribution in [0.5, 0.6) is 0 Å². The maximum absolute atomic E-state index is 12.3. The summed E-state index contributed by atoms with van der Waals surface area (Å²) in [5.41, 5.74) is 0. The Morgan fingerprint density at radius 2 is 1.95 bits per heavy atom. The highest BCUT2D eigenvalue weighted by atomic mass is 35.5. The quantitative estimate of drug-likeness (QED) is 0.814. The lowest BCUT2D eigenvalue weighted by Gasteiger charge is -2.42. The van der Waals surface area contributed by atoms with Crippen molar-refractivity contribution in [3.05, 3.63) is 0 Å². The molecular formula is C14H24ClN3O2. The molecule has 1 atom stereocenters. The van der Waals surface area contributed by atoms with E-state index in [-0.39, 0.29) is 30.3 Å². The fraction of sp³-hybridized carbons (Fsp3) is 0.857. The van der Waals surface area contributed by atoms with Crippen molar-refractivity contribution in [3.63, 3.8) is 0 Å². The summed E-state index contributed by atoms with van der Waals surface area (Å²) in [7, 11) is 0. The van der Waals surface area contributed by atoms with Gasteiger partial charge in [-0.1, -0.05) is 6.42 Å². The fourth-order valence-electron chi connectivity index (χ4n) is 3.33. The van der Waals surface area contributed by atoms with E-state index < -0.39 is 0 Å². The van der Waals surface area contributed by atoms with Gasteiger partial charge in [0.15, 0.2) is 0 Å². The number of piperidine rings is 1. The largest absolute Gasteiger partial charge is 0.340 e. The number of amides is 2. The highest BCUT2D eigenvalue weighted by molar-refractivity contribution is 5.85. The topological polar surface area (TPSA) is 52.7 Å². The van der Waals surface area contributed by atoms with Crippen LogP contribution < -0.4 is 5.32 Å². The van der Waals surface area contributed by atoms with Crippen molar-refractivity contribution in [1.29, 1.82) is 0 Å². The Kier molecular flexibility index (Phi) is 5.27. The van der Waals surface area contributed by atoms with Crippen LogP contribution in [0.25, 0.3) is 0 Å². The third kappa shape index (κ3) is 3.09. The predicted octanol–water partition coefficient (Wildman–Crippen LogP) is 0.631. The van der Waals surface area contributed by atoms with Crippen molar-refractivity contribution in [2.45, 2.75) is 38.1 Å². The molecule has 3 aliphatic rings. The molecule has 3 fully saturated rings. The maximum Gasteiger partial charge on any atom is 0.236 e. The van der Waals surface area contributed by atoms with E-state index in [0.717, 1.165) is 51.9 Å². The third-order valence-electron chi connectivity index (χ3n) is 4.73. The van der Waals surface area contributed by atoms with Gasteiger partial charge in [0.05, 0.1) is 6.54 Å². The van der Waals surface area contributed by atoms with E-state index in [2.05, 4.69) is 5.32 Å². The first-order valence-corrected chi connectivity index (χ1v) is 7.54. The first-order chi connectivity index (χ1) is 9.25. The van der Waals surface area contributed by atoms with Crippen LogP contribution in [0, 0.1) is 5.92 Å². The van der Waals surface area contributed by atoms with E-state index in [1.807, 2.05) is 9.80 Å². The Morgan fingerprint density at radius 1 is 1.15 bits per heavy atom. The zero-order valence-corrected chi connectivity index (χ0v) is 12.7. The zero-order chi connectivity index (χ0) is 13.2.